The lowest BCUT2D eigenvalue weighted by Gasteiger charge is -2.12. The Morgan fingerprint density at radius 2 is 1.86 bits per heavy atom. The first-order valence-electron chi connectivity index (χ1n) is 1.89. The van der Waals surface area contributed by atoms with Crippen molar-refractivity contribution < 1.29 is 17.6 Å². The fraction of sp³-hybridized carbons (Fsp3) is 1.00. The highest BCUT2D eigenvalue weighted by Crippen LogP contribution is 2.07. The molecule has 0 N–H and O–H groups in total. The summed E-state index contributed by atoms with van der Waals surface area (Å²) in [4.78, 5) is 0. The van der Waals surface area contributed by atoms with Crippen LogP contribution in [0.4, 0.5) is 12.9 Å². The van der Waals surface area contributed by atoms with Gasteiger partial charge in [-0.15, -0.1) is 0 Å². The fourth-order valence-electron chi connectivity index (χ4n) is 0.189. The standard InChI is InChI=1S/C2H5BF3O/c1-2-7-3(4,5)6/h2H2,1H3/q-1. The maximum Gasteiger partial charge on any atom is 0.637 e. The summed E-state index contributed by atoms with van der Waals surface area (Å²) in [6.07, 6.45) is 0. The third-order valence-electron chi connectivity index (χ3n) is 0.356. The monoisotopic (exact) mass is 113 g/mol. The van der Waals surface area contributed by atoms with Gasteiger partial charge in [-0.2, -0.15) is 0 Å². The Bertz CT molecular complexity index is 51.4. The molecule has 7 heavy (non-hydrogen) atoms. The van der Waals surface area contributed by atoms with E-state index < -0.39 is 7.18 Å². The van der Waals surface area contributed by atoms with Crippen LogP contribution in [0, 0.1) is 0 Å². The Morgan fingerprint density at radius 1 is 1.43 bits per heavy atom. The van der Waals surface area contributed by atoms with Crippen LogP contribution >= 0.6 is 0 Å². The van der Waals surface area contributed by atoms with Crippen LogP contribution in [0.2, 0.25) is 0 Å². The Labute approximate surface area is 39.6 Å². The summed E-state index contributed by atoms with van der Waals surface area (Å²) in [5, 5.41) is 0. The predicted octanol–water partition coefficient (Wildman–Crippen LogP) is 1.37. The molecule has 0 bridgehead atoms. The second kappa shape index (κ2) is 2.21. The summed E-state index contributed by atoms with van der Waals surface area (Å²) in [5.41, 5.74) is 0. The van der Waals surface area contributed by atoms with Crippen LogP contribution in [0.1, 0.15) is 6.92 Å². The molecule has 0 aromatic carbocycles. The predicted molar refractivity (Wildman–Crippen MR) is 20.7 cm³/mol. The SMILES string of the molecule is CCO[B-](F)(F)F. The van der Waals surface area contributed by atoms with Crippen molar-refractivity contribution in [2.45, 2.75) is 6.92 Å². The van der Waals surface area contributed by atoms with E-state index in [1.807, 2.05) is 0 Å². The third kappa shape index (κ3) is 5.81. The van der Waals surface area contributed by atoms with Gasteiger partial charge in [0.1, 0.15) is 0 Å². The van der Waals surface area contributed by atoms with E-state index in [2.05, 4.69) is 4.65 Å². The smallest absolute Gasteiger partial charge is 0.508 e. The van der Waals surface area contributed by atoms with Crippen LogP contribution in [0.25, 0.3) is 0 Å². The largest absolute Gasteiger partial charge is 0.637 e. The molecule has 0 atom stereocenters. The lowest BCUT2D eigenvalue weighted by molar-refractivity contribution is 0.187. The van der Waals surface area contributed by atoms with Crippen LogP contribution in [-0.4, -0.2) is 13.8 Å². The molecule has 0 rings (SSSR count). The van der Waals surface area contributed by atoms with Crippen molar-refractivity contribution in [3.05, 3.63) is 0 Å². The van der Waals surface area contributed by atoms with E-state index in [0.717, 1.165) is 0 Å². The van der Waals surface area contributed by atoms with Gasteiger partial charge in [0.2, 0.25) is 0 Å². The first-order valence-corrected chi connectivity index (χ1v) is 1.89. The molecule has 1 nitrogen and oxygen atoms in total. The summed E-state index contributed by atoms with van der Waals surface area (Å²) >= 11 is 0. The number of rotatable bonds is 2. The molecule has 44 valence electrons. The summed E-state index contributed by atoms with van der Waals surface area (Å²) in [6, 6.07) is 0. The van der Waals surface area contributed by atoms with Crippen molar-refractivity contribution in [1.29, 1.82) is 0 Å². The topological polar surface area (TPSA) is 9.23 Å². The van der Waals surface area contributed by atoms with Gasteiger partial charge < -0.3 is 17.6 Å². The van der Waals surface area contributed by atoms with Gasteiger partial charge >= 0.3 is 7.18 Å². The van der Waals surface area contributed by atoms with Gasteiger partial charge in [-0.05, 0) is 6.92 Å². The van der Waals surface area contributed by atoms with Crippen molar-refractivity contribution >= 4 is 7.18 Å². The maximum atomic E-state index is 10.9. The van der Waals surface area contributed by atoms with Crippen LogP contribution in [0.15, 0.2) is 0 Å². The van der Waals surface area contributed by atoms with Gasteiger partial charge in [-0.3, -0.25) is 0 Å². The lowest BCUT2D eigenvalue weighted by atomic mass is 10.3. The normalized spacial score (nSPS) is 12.0. The molecule has 0 aliphatic carbocycles. The average Bonchev–Trinajstić information content (AvgIpc) is 1.30. The molecule has 0 aromatic rings. The number of halogens is 3. The van der Waals surface area contributed by atoms with Gasteiger partial charge in [0.25, 0.3) is 0 Å². The van der Waals surface area contributed by atoms with E-state index in [4.69, 9.17) is 0 Å². The van der Waals surface area contributed by atoms with Gasteiger partial charge in [0.15, 0.2) is 0 Å². The van der Waals surface area contributed by atoms with Crippen molar-refractivity contribution in [3.8, 4) is 0 Å². The molecule has 0 heterocycles. The first kappa shape index (κ1) is 6.81. The van der Waals surface area contributed by atoms with Gasteiger partial charge in [0.05, 0.1) is 0 Å². The quantitative estimate of drug-likeness (QED) is 0.491. The molecule has 0 aromatic heterocycles. The Morgan fingerprint density at radius 3 is 1.86 bits per heavy atom. The zero-order valence-electron chi connectivity index (χ0n) is 3.83. The molecule has 0 saturated heterocycles. The molecule has 0 fully saturated rings. The highest BCUT2D eigenvalue weighted by Gasteiger charge is 2.23. The van der Waals surface area contributed by atoms with Crippen LogP contribution in [-0.2, 0) is 4.65 Å². The van der Waals surface area contributed by atoms with Crippen LogP contribution in [0.3, 0.4) is 0 Å². The van der Waals surface area contributed by atoms with E-state index >= 15 is 0 Å². The van der Waals surface area contributed by atoms with Crippen molar-refractivity contribution in [3.63, 3.8) is 0 Å². The second-order valence-corrected chi connectivity index (χ2v) is 0.970. The summed E-state index contributed by atoms with van der Waals surface area (Å²) < 4.78 is 36.0. The minimum absolute atomic E-state index is 0.288. The van der Waals surface area contributed by atoms with Crippen LogP contribution < -0.4 is 0 Å². The maximum absolute atomic E-state index is 10.9. The molecule has 0 radical (unpaired) electrons. The molecule has 0 unspecified atom stereocenters. The number of hydrogen-bond acceptors (Lipinski definition) is 1. The Hall–Kier alpha value is -0.185. The third-order valence-corrected chi connectivity index (χ3v) is 0.356. The minimum Gasteiger partial charge on any atom is -0.508 e. The summed E-state index contributed by atoms with van der Waals surface area (Å²) in [5.74, 6) is 0. The lowest BCUT2D eigenvalue weighted by Crippen LogP contribution is -2.20. The van der Waals surface area contributed by atoms with Crippen molar-refractivity contribution in [1.82, 2.24) is 0 Å². The van der Waals surface area contributed by atoms with Crippen LogP contribution in [0.5, 0.6) is 0 Å². The Kier molecular flexibility index (Phi) is 2.15. The molecule has 0 aliphatic heterocycles. The van der Waals surface area contributed by atoms with Gasteiger partial charge in [-0.1, -0.05) is 0 Å². The minimum atomic E-state index is -4.99. The zero-order valence-corrected chi connectivity index (χ0v) is 3.83. The van der Waals surface area contributed by atoms with E-state index in [1.165, 1.54) is 6.92 Å². The fourth-order valence-corrected chi connectivity index (χ4v) is 0.189. The van der Waals surface area contributed by atoms with Gasteiger partial charge in [0, 0.05) is 6.61 Å². The molecular weight excluding hydrogens is 108 g/mol. The second-order valence-electron chi connectivity index (χ2n) is 0.970. The molecule has 0 saturated carbocycles. The van der Waals surface area contributed by atoms with E-state index in [0.29, 0.717) is 0 Å². The highest BCUT2D eigenvalue weighted by atomic mass is 19.4. The van der Waals surface area contributed by atoms with Gasteiger partial charge in [-0.25, -0.2) is 0 Å². The Balaban J connectivity index is 3.15. The summed E-state index contributed by atoms with van der Waals surface area (Å²) in [6.45, 7) is 1.01. The zero-order chi connectivity index (χ0) is 5.91. The first-order chi connectivity index (χ1) is 3.06. The molecule has 0 spiro atoms. The molecule has 0 amide bonds. The molecule has 5 heteroatoms. The summed E-state index contributed by atoms with van der Waals surface area (Å²) in [7, 11) is -4.99. The highest BCUT2D eigenvalue weighted by molar-refractivity contribution is 6.51. The molecule has 0 aliphatic rings. The van der Waals surface area contributed by atoms with Crippen molar-refractivity contribution in [2.75, 3.05) is 6.61 Å². The average molecular weight is 113 g/mol. The molecular formula is C2H5BF3O-. The van der Waals surface area contributed by atoms with Crippen molar-refractivity contribution in [2.24, 2.45) is 0 Å². The van der Waals surface area contributed by atoms with E-state index in [9.17, 15) is 12.9 Å². The van der Waals surface area contributed by atoms with E-state index in [-0.39, 0.29) is 6.61 Å². The van der Waals surface area contributed by atoms with E-state index in [1.54, 1.807) is 0 Å². The number of hydrogen-bond donors (Lipinski definition) is 0.